The van der Waals surface area contributed by atoms with Gasteiger partial charge in [0.15, 0.2) is 0 Å². The van der Waals surface area contributed by atoms with E-state index < -0.39 is 0 Å². The molecule has 0 unspecified atom stereocenters. The number of likely N-dealkylation sites (tertiary alicyclic amines) is 1. The first-order valence-corrected chi connectivity index (χ1v) is 9.17. The normalized spacial score (nSPS) is 20.2. The van der Waals surface area contributed by atoms with Crippen LogP contribution in [0.2, 0.25) is 5.02 Å². The topological polar surface area (TPSA) is 52.7 Å². The largest absolute Gasteiger partial charge is 0.338 e. The molecule has 2 saturated heterocycles. The molecule has 2 aliphatic rings. The van der Waals surface area contributed by atoms with E-state index in [0.717, 1.165) is 18.5 Å². The summed E-state index contributed by atoms with van der Waals surface area (Å²) in [5.74, 6) is 0.618. The Morgan fingerprint density at radius 3 is 2.57 bits per heavy atom. The number of carbonyl (C=O) groups is 2. The summed E-state index contributed by atoms with van der Waals surface area (Å²) in [6.45, 7) is 3.87. The van der Waals surface area contributed by atoms with Crippen molar-refractivity contribution in [3.05, 3.63) is 29.3 Å². The first kappa shape index (κ1) is 16.5. The van der Waals surface area contributed by atoms with Gasteiger partial charge in [0.2, 0.25) is 5.91 Å². The SMILES string of the molecule is CCNC(=O)N1CCC2(CC1)SCC(=O)N2c1ccc(Cl)cc1. The molecule has 2 aliphatic heterocycles. The second kappa shape index (κ2) is 6.61. The number of carbonyl (C=O) groups excluding carboxylic acids is 2. The lowest BCUT2D eigenvalue weighted by Gasteiger charge is -2.43. The first-order valence-electron chi connectivity index (χ1n) is 7.81. The van der Waals surface area contributed by atoms with Gasteiger partial charge in [-0.25, -0.2) is 4.79 Å². The fourth-order valence-electron chi connectivity index (χ4n) is 3.21. The number of hydrogen-bond acceptors (Lipinski definition) is 3. The van der Waals surface area contributed by atoms with Gasteiger partial charge in [0, 0.05) is 30.3 Å². The maximum absolute atomic E-state index is 12.4. The van der Waals surface area contributed by atoms with E-state index in [1.807, 2.05) is 41.0 Å². The molecule has 2 fully saturated rings. The van der Waals surface area contributed by atoms with E-state index in [4.69, 9.17) is 11.6 Å². The number of rotatable bonds is 2. The molecule has 2 heterocycles. The zero-order chi connectivity index (χ0) is 16.4. The number of halogens is 1. The fourth-order valence-corrected chi connectivity index (χ4v) is 4.67. The van der Waals surface area contributed by atoms with Gasteiger partial charge in [0.05, 0.1) is 10.6 Å². The van der Waals surface area contributed by atoms with Crippen LogP contribution >= 0.6 is 23.4 Å². The van der Waals surface area contributed by atoms with Crippen LogP contribution in [-0.4, -0.2) is 47.1 Å². The molecule has 23 heavy (non-hydrogen) atoms. The van der Waals surface area contributed by atoms with Crippen molar-refractivity contribution in [2.24, 2.45) is 0 Å². The molecule has 0 radical (unpaired) electrons. The van der Waals surface area contributed by atoms with E-state index in [0.29, 0.717) is 30.4 Å². The van der Waals surface area contributed by atoms with Crippen molar-refractivity contribution in [2.45, 2.75) is 24.6 Å². The standard InChI is InChI=1S/C16H20ClN3O2S/c1-2-18-15(22)19-9-7-16(8-10-19)20(14(21)11-23-16)13-5-3-12(17)4-6-13/h3-6H,2,7-11H2,1H3,(H,18,22). The number of anilines is 1. The van der Waals surface area contributed by atoms with Gasteiger partial charge in [0.1, 0.15) is 0 Å². The molecule has 124 valence electrons. The minimum atomic E-state index is -0.242. The summed E-state index contributed by atoms with van der Waals surface area (Å²) in [5.41, 5.74) is 0.885. The van der Waals surface area contributed by atoms with Crippen LogP contribution in [0.25, 0.3) is 0 Å². The van der Waals surface area contributed by atoms with Crippen LogP contribution in [0.5, 0.6) is 0 Å². The average molecular weight is 354 g/mol. The Morgan fingerprint density at radius 2 is 1.96 bits per heavy atom. The molecule has 0 atom stereocenters. The number of piperidine rings is 1. The molecule has 1 spiro atoms. The number of thioether (sulfide) groups is 1. The van der Waals surface area contributed by atoms with E-state index in [1.54, 1.807) is 11.8 Å². The highest BCUT2D eigenvalue weighted by Crippen LogP contribution is 2.46. The Bertz CT molecular complexity index is 600. The van der Waals surface area contributed by atoms with Crippen LogP contribution in [0.1, 0.15) is 19.8 Å². The molecular formula is C16H20ClN3O2S. The Hall–Kier alpha value is -1.40. The fraction of sp³-hybridized carbons (Fsp3) is 0.500. The van der Waals surface area contributed by atoms with Crippen LogP contribution < -0.4 is 10.2 Å². The number of amides is 3. The van der Waals surface area contributed by atoms with Gasteiger partial charge in [-0.2, -0.15) is 0 Å². The van der Waals surface area contributed by atoms with Crippen LogP contribution in [0.4, 0.5) is 10.5 Å². The molecule has 0 saturated carbocycles. The molecule has 0 aromatic heterocycles. The summed E-state index contributed by atoms with van der Waals surface area (Å²) in [6, 6.07) is 7.39. The summed E-state index contributed by atoms with van der Waals surface area (Å²) in [7, 11) is 0. The third-order valence-electron chi connectivity index (χ3n) is 4.37. The highest BCUT2D eigenvalue weighted by atomic mass is 35.5. The molecule has 0 aliphatic carbocycles. The summed E-state index contributed by atoms with van der Waals surface area (Å²) >= 11 is 7.65. The van der Waals surface area contributed by atoms with Crippen molar-refractivity contribution in [1.82, 2.24) is 10.2 Å². The highest BCUT2D eigenvalue weighted by Gasteiger charge is 2.49. The van der Waals surface area contributed by atoms with Gasteiger partial charge in [-0.15, -0.1) is 11.8 Å². The Labute approximate surface area is 145 Å². The second-order valence-corrected chi connectivity index (χ2v) is 7.54. The number of nitrogens with zero attached hydrogens (tertiary/aromatic N) is 2. The highest BCUT2D eigenvalue weighted by molar-refractivity contribution is 8.02. The van der Waals surface area contributed by atoms with Crippen LogP contribution in [0, 0.1) is 0 Å². The van der Waals surface area contributed by atoms with Crippen molar-refractivity contribution in [3.63, 3.8) is 0 Å². The van der Waals surface area contributed by atoms with E-state index in [9.17, 15) is 9.59 Å². The maximum atomic E-state index is 12.4. The minimum Gasteiger partial charge on any atom is -0.338 e. The quantitative estimate of drug-likeness (QED) is 0.889. The third-order valence-corrected chi connectivity index (χ3v) is 6.14. The first-order chi connectivity index (χ1) is 11.1. The summed E-state index contributed by atoms with van der Waals surface area (Å²) < 4.78 is 0. The van der Waals surface area contributed by atoms with Gasteiger partial charge in [0.25, 0.3) is 0 Å². The number of urea groups is 1. The number of benzene rings is 1. The molecule has 1 aromatic carbocycles. The van der Waals surface area contributed by atoms with Crippen molar-refractivity contribution in [2.75, 3.05) is 30.3 Å². The molecule has 5 nitrogen and oxygen atoms in total. The third kappa shape index (κ3) is 3.15. The zero-order valence-corrected chi connectivity index (χ0v) is 14.6. The summed E-state index contributed by atoms with van der Waals surface area (Å²) in [5, 5.41) is 3.50. The molecule has 3 amide bonds. The molecular weight excluding hydrogens is 334 g/mol. The van der Waals surface area contributed by atoms with E-state index in [-0.39, 0.29) is 16.8 Å². The summed E-state index contributed by atoms with van der Waals surface area (Å²) in [4.78, 5) is 27.9. The van der Waals surface area contributed by atoms with Gasteiger partial charge >= 0.3 is 6.03 Å². The van der Waals surface area contributed by atoms with Crippen molar-refractivity contribution < 1.29 is 9.59 Å². The van der Waals surface area contributed by atoms with Gasteiger partial charge in [-0.3, -0.25) is 9.69 Å². The Morgan fingerprint density at radius 1 is 1.30 bits per heavy atom. The van der Waals surface area contributed by atoms with E-state index >= 15 is 0 Å². The van der Waals surface area contributed by atoms with Crippen molar-refractivity contribution in [3.8, 4) is 0 Å². The predicted molar refractivity (Wildman–Crippen MR) is 94.0 cm³/mol. The van der Waals surface area contributed by atoms with Gasteiger partial charge in [-0.05, 0) is 44.0 Å². The Balaban J connectivity index is 1.77. The lowest BCUT2D eigenvalue weighted by Crippen LogP contribution is -2.54. The summed E-state index contributed by atoms with van der Waals surface area (Å²) in [6.07, 6.45) is 1.56. The lowest BCUT2D eigenvalue weighted by atomic mass is 10.0. The molecule has 7 heteroatoms. The molecule has 0 bridgehead atoms. The average Bonchev–Trinajstić information content (AvgIpc) is 2.86. The van der Waals surface area contributed by atoms with Crippen LogP contribution in [-0.2, 0) is 4.79 Å². The van der Waals surface area contributed by atoms with E-state index in [1.165, 1.54) is 0 Å². The van der Waals surface area contributed by atoms with Crippen LogP contribution in [0.15, 0.2) is 24.3 Å². The number of nitrogens with one attached hydrogen (secondary N) is 1. The molecule has 1 aromatic rings. The number of hydrogen-bond donors (Lipinski definition) is 1. The van der Waals surface area contributed by atoms with Gasteiger partial charge < -0.3 is 10.2 Å². The second-order valence-electron chi connectivity index (χ2n) is 5.76. The maximum Gasteiger partial charge on any atom is 0.317 e. The smallest absolute Gasteiger partial charge is 0.317 e. The monoisotopic (exact) mass is 353 g/mol. The van der Waals surface area contributed by atoms with E-state index in [2.05, 4.69) is 5.32 Å². The minimum absolute atomic E-state index is 0.0188. The van der Waals surface area contributed by atoms with Crippen molar-refractivity contribution in [1.29, 1.82) is 0 Å². The van der Waals surface area contributed by atoms with Crippen molar-refractivity contribution >= 4 is 41.0 Å². The lowest BCUT2D eigenvalue weighted by molar-refractivity contribution is -0.116. The Kier molecular flexibility index (Phi) is 4.73. The van der Waals surface area contributed by atoms with Gasteiger partial charge in [-0.1, -0.05) is 11.6 Å². The van der Waals surface area contributed by atoms with Crippen LogP contribution in [0.3, 0.4) is 0 Å². The zero-order valence-electron chi connectivity index (χ0n) is 13.0. The molecule has 3 rings (SSSR count). The predicted octanol–water partition coefficient (Wildman–Crippen LogP) is 2.94. The molecule has 1 N–H and O–H groups in total.